The molecular formula is C17H13NO5. The van der Waals surface area contributed by atoms with Crippen LogP contribution in [0, 0.1) is 0 Å². The summed E-state index contributed by atoms with van der Waals surface area (Å²) in [5.74, 6) is -0.0753. The highest BCUT2D eigenvalue weighted by Gasteiger charge is 2.10. The van der Waals surface area contributed by atoms with Gasteiger partial charge in [0.25, 0.3) is 0 Å². The Hall–Kier alpha value is -3.15. The van der Waals surface area contributed by atoms with Crippen LogP contribution < -0.4 is 10.4 Å². The molecule has 0 amide bonds. The number of pyridine rings is 1. The summed E-state index contributed by atoms with van der Waals surface area (Å²) in [7, 11) is 1.28. The molecule has 0 N–H and O–H groups in total. The first-order valence-corrected chi connectivity index (χ1v) is 6.86. The van der Waals surface area contributed by atoms with Crippen LogP contribution in [0.2, 0.25) is 0 Å². The van der Waals surface area contributed by atoms with Gasteiger partial charge < -0.3 is 13.9 Å². The second kappa shape index (κ2) is 6.31. The number of carbonyl (C=O) groups is 1. The van der Waals surface area contributed by atoms with Gasteiger partial charge in [-0.25, -0.2) is 9.59 Å². The van der Waals surface area contributed by atoms with Crippen molar-refractivity contribution in [3.8, 4) is 17.0 Å². The molecule has 0 aliphatic heterocycles. The van der Waals surface area contributed by atoms with Crippen LogP contribution in [0.15, 0.2) is 57.9 Å². The van der Waals surface area contributed by atoms with E-state index in [1.54, 1.807) is 48.7 Å². The first kappa shape index (κ1) is 14.8. The fourth-order valence-electron chi connectivity index (χ4n) is 2.08. The highest BCUT2D eigenvalue weighted by Crippen LogP contribution is 2.23. The van der Waals surface area contributed by atoms with Gasteiger partial charge in [-0.1, -0.05) is 6.07 Å². The highest BCUT2D eigenvalue weighted by atomic mass is 16.6. The quantitative estimate of drug-likeness (QED) is 0.544. The summed E-state index contributed by atoms with van der Waals surface area (Å²) in [5, 5.41) is 0.732. The van der Waals surface area contributed by atoms with Crippen LogP contribution in [0.3, 0.4) is 0 Å². The number of hydrogen-bond donors (Lipinski definition) is 0. The van der Waals surface area contributed by atoms with E-state index in [0.29, 0.717) is 22.6 Å². The maximum atomic E-state index is 12.1. The zero-order chi connectivity index (χ0) is 16.2. The van der Waals surface area contributed by atoms with Gasteiger partial charge in [-0.15, -0.1) is 0 Å². The molecular weight excluding hydrogens is 298 g/mol. The number of fused-ring (bicyclic) bond motifs is 1. The van der Waals surface area contributed by atoms with E-state index < -0.39 is 11.6 Å². The van der Waals surface area contributed by atoms with Gasteiger partial charge in [-0.2, -0.15) is 0 Å². The first-order chi connectivity index (χ1) is 11.2. The van der Waals surface area contributed by atoms with Crippen LogP contribution in [0.1, 0.15) is 0 Å². The average Bonchev–Trinajstić information content (AvgIpc) is 2.59. The normalized spacial score (nSPS) is 10.5. The number of benzene rings is 1. The van der Waals surface area contributed by atoms with Crippen molar-refractivity contribution in [1.29, 1.82) is 0 Å². The number of carbonyl (C=O) groups excluding carboxylic acids is 1. The smallest absolute Gasteiger partial charge is 0.345 e. The molecule has 0 saturated carbocycles. The van der Waals surface area contributed by atoms with Gasteiger partial charge >= 0.3 is 11.6 Å². The molecule has 0 aliphatic rings. The Labute approximate surface area is 131 Å². The summed E-state index contributed by atoms with van der Waals surface area (Å²) in [6, 6.07) is 12.0. The molecule has 6 heteroatoms. The third-order valence-electron chi connectivity index (χ3n) is 3.23. The van der Waals surface area contributed by atoms with Gasteiger partial charge in [0.05, 0.1) is 18.4 Å². The predicted molar refractivity (Wildman–Crippen MR) is 83.2 cm³/mol. The SMILES string of the molecule is COC(=O)COc1ccc2cc(-c3ccccn3)c(=O)oc2c1. The monoisotopic (exact) mass is 311 g/mol. The fourth-order valence-corrected chi connectivity index (χ4v) is 2.08. The summed E-state index contributed by atoms with van der Waals surface area (Å²) in [6.45, 7) is -0.210. The second-order valence-corrected chi connectivity index (χ2v) is 4.73. The first-order valence-electron chi connectivity index (χ1n) is 6.86. The van der Waals surface area contributed by atoms with Crippen molar-refractivity contribution in [2.45, 2.75) is 0 Å². The third kappa shape index (κ3) is 3.21. The van der Waals surface area contributed by atoms with Crippen molar-refractivity contribution in [2.75, 3.05) is 13.7 Å². The Balaban J connectivity index is 1.96. The van der Waals surface area contributed by atoms with Crippen LogP contribution in [-0.2, 0) is 9.53 Å². The standard InChI is InChI=1S/C17H13NO5/c1-21-16(19)10-22-12-6-5-11-8-13(14-4-2-3-7-18-14)17(20)23-15(11)9-12/h2-9H,10H2,1H3. The molecule has 6 nitrogen and oxygen atoms in total. The number of ether oxygens (including phenoxy) is 2. The largest absolute Gasteiger partial charge is 0.482 e. The maximum absolute atomic E-state index is 12.1. The van der Waals surface area contributed by atoms with E-state index in [-0.39, 0.29) is 6.61 Å². The molecule has 0 atom stereocenters. The Morgan fingerprint density at radius 2 is 2.09 bits per heavy atom. The van der Waals surface area contributed by atoms with Gasteiger partial charge in [-0.3, -0.25) is 4.98 Å². The van der Waals surface area contributed by atoms with E-state index in [0.717, 1.165) is 5.39 Å². The lowest BCUT2D eigenvalue weighted by Crippen LogP contribution is -2.12. The molecule has 0 aliphatic carbocycles. The number of rotatable bonds is 4. The van der Waals surface area contributed by atoms with Crippen LogP contribution >= 0.6 is 0 Å². The molecule has 2 heterocycles. The molecule has 1 aromatic carbocycles. The number of nitrogens with zero attached hydrogens (tertiary/aromatic N) is 1. The molecule has 2 aromatic heterocycles. The van der Waals surface area contributed by atoms with E-state index >= 15 is 0 Å². The lowest BCUT2D eigenvalue weighted by atomic mass is 10.1. The second-order valence-electron chi connectivity index (χ2n) is 4.73. The Bertz CT molecular complexity index is 902. The molecule has 0 radical (unpaired) electrons. The minimum absolute atomic E-state index is 0.210. The number of aromatic nitrogens is 1. The topological polar surface area (TPSA) is 78.6 Å². The molecule has 3 rings (SSSR count). The average molecular weight is 311 g/mol. The summed E-state index contributed by atoms with van der Waals surface area (Å²) < 4.78 is 15.1. The van der Waals surface area contributed by atoms with Gasteiger partial charge in [-0.05, 0) is 30.3 Å². The van der Waals surface area contributed by atoms with Gasteiger partial charge in [0.2, 0.25) is 0 Å². The molecule has 23 heavy (non-hydrogen) atoms. The molecule has 0 bridgehead atoms. The number of methoxy groups -OCH3 is 1. The number of hydrogen-bond acceptors (Lipinski definition) is 6. The molecule has 0 unspecified atom stereocenters. The van der Waals surface area contributed by atoms with E-state index in [9.17, 15) is 9.59 Å². The Morgan fingerprint density at radius 3 is 2.83 bits per heavy atom. The maximum Gasteiger partial charge on any atom is 0.345 e. The van der Waals surface area contributed by atoms with E-state index in [4.69, 9.17) is 9.15 Å². The van der Waals surface area contributed by atoms with E-state index in [1.165, 1.54) is 7.11 Å². The Morgan fingerprint density at radius 1 is 1.22 bits per heavy atom. The van der Waals surface area contributed by atoms with Crippen molar-refractivity contribution in [3.63, 3.8) is 0 Å². The van der Waals surface area contributed by atoms with Crippen molar-refractivity contribution in [2.24, 2.45) is 0 Å². The summed E-state index contributed by atoms with van der Waals surface area (Å²) in [4.78, 5) is 27.4. The highest BCUT2D eigenvalue weighted by molar-refractivity contribution is 5.82. The molecule has 0 spiro atoms. The minimum Gasteiger partial charge on any atom is -0.482 e. The van der Waals surface area contributed by atoms with Crippen LogP contribution in [0.4, 0.5) is 0 Å². The van der Waals surface area contributed by atoms with Crippen LogP contribution in [0.5, 0.6) is 5.75 Å². The lowest BCUT2D eigenvalue weighted by molar-refractivity contribution is -0.142. The summed E-state index contributed by atoms with van der Waals surface area (Å²) >= 11 is 0. The van der Waals surface area contributed by atoms with Crippen molar-refractivity contribution in [1.82, 2.24) is 4.98 Å². The van der Waals surface area contributed by atoms with Gasteiger partial charge in [0, 0.05) is 17.6 Å². The zero-order valence-electron chi connectivity index (χ0n) is 12.3. The van der Waals surface area contributed by atoms with Crippen molar-refractivity contribution < 1.29 is 18.7 Å². The Kier molecular flexibility index (Phi) is 4.05. The number of esters is 1. The van der Waals surface area contributed by atoms with Crippen molar-refractivity contribution >= 4 is 16.9 Å². The summed E-state index contributed by atoms with van der Waals surface area (Å²) in [6.07, 6.45) is 1.61. The molecule has 0 fully saturated rings. The van der Waals surface area contributed by atoms with E-state index in [1.807, 2.05) is 0 Å². The third-order valence-corrected chi connectivity index (χ3v) is 3.23. The van der Waals surface area contributed by atoms with Crippen molar-refractivity contribution in [3.05, 3.63) is 59.1 Å². The molecule has 3 aromatic rings. The van der Waals surface area contributed by atoms with Crippen LogP contribution in [-0.4, -0.2) is 24.7 Å². The lowest BCUT2D eigenvalue weighted by Gasteiger charge is -2.06. The van der Waals surface area contributed by atoms with Crippen LogP contribution in [0.25, 0.3) is 22.2 Å². The van der Waals surface area contributed by atoms with E-state index in [2.05, 4.69) is 9.72 Å². The fraction of sp³-hybridized carbons (Fsp3) is 0.118. The minimum atomic E-state index is -0.489. The molecule has 116 valence electrons. The zero-order valence-corrected chi connectivity index (χ0v) is 12.3. The summed E-state index contributed by atoms with van der Waals surface area (Å²) in [5.41, 5.74) is 0.828. The predicted octanol–water partition coefficient (Wildman–Crippen LogP) is 2.41. The van der Waals surface area contributed by atoms with Gasteiger partial charge in [0.1, 0.15) is 11.3 Å². The molecule has 0 saturated heterocycles. The van der Waals surface area contributed by atoms with Gasteiger partial charge in [0.15, 0.2) is 6.61 Å².